The lowest BCUT2D eigenvalue weighted by atomic mass is 9.99. The van der Waals surface area contributed by atoms with Crippen LogP contribution in [0.2, 0.25) is 0 Å². The normalized spacial score (nSPS) is 19.6. The van der Waals surface area contributed by atoms with Gasteiger partial charge >= 0.3 is 0 Å². The molecule has 1 fully saturated rings. The van der Waals surface area contributed by atoms with Gasteiger partial charge in [0, 0.05) is 11.1 Å². The summed E-state index contributed by atoms with van der Waals surface area (Å²) in [7, 11) is 0. The zero-order valence-corrected chi connectivity index (χ0v) is 10.9. The summed E-state index contributed by atoms with van der Waals surface area (Å²) in [6.45, 7) is 5.85. The molecule has 0 bridgehead atoms. The predicted molar refractivity (Wildman–Crippen MR) is 68.5 cm³/mol. The topological polar surface area (TPSA) is 16.1 Å². The second kappa shape index (κ2) is 5.32. The molecule has 0 spiro atoms. The molecule has 0 N–H and O–H groups in total. The monoisotopic (exact) mass is 242 g/mol. The molecule has 0 amide bonds. The van der Waals surface area contributed by atoms with E-state index >= 15 is 0 Å². The van der Waals surface area contributed by atoms with Gasteiger partial charge in [0.25, 0.3) is 0 Å². The minimum atomic E-state index is 0.757. The third kappa shape index (κ3) is 3.20. The van der Waals surface area contributed by atoms with Gasteiger partial charge in [0.2, 0.25) is 0 Å². The first-order valence-electron chi connectivity index (χ1n) is 5.54. The van der Waals surface area contributed by atoms with Crippen molar-refractivity contribution in [2.45, 2.75) is 32.1 Å². The smallest absolute Gasteiger partial charge is 0.107 e. The average molecular weight is 242 g/mol. The Morgan fingerprint density at radius 1 is 1.53 bits per heavy atom. The Kier molecular flexibility index (Phi) is 4.05. The molecule has 2 nitrogen and oxygen atoms in total. The summed E-state index contributed by atoms with van der Waals surface area (Å²) < 4.78 is 0. The maximum absolute atomic E-state index is 4.54. The summed E-state index contributed by atoms with van der Waals surface area (Å²) >= 11 is 6.00. The van der Waals surface area contributed by atoms with Crippen LogP contribution in [-0.2, 0) is 12.3 Å². The Balaban J connectivity index is 1.86. The third-order valence-corrected chi connectivity index (χ3v) is 4.20. The van der Waals surface area contributed by atoms with Crippen LogP contribution in [0.5, 0.6) is 0 Å². The van der Waals surface area contributed by atoms with E-state index in [1.54, 1.807) is 11.3 Å². The fourth-order valence-corrected chi connectivity index (χ4v) is 3.03. The lowest BCUT2D eigenvalue weighted by molar-refractivity contribution is 0.185. The molecule has 0 atom stereocenters. The highest BCUT2D eigenvalue weighted by Gasteiger charge is 2.16. The third-order valence-electron chi connectivity index (χ3n) is 3.00. The second-order valence-corrected chi connectivity index (χ2v) is 5.61. The Bertz CT molecular complexity index is 303. The van der Waals surface area contributed by atoms with Gasteiger partial charge in [-0.25, -0.2) is 4.98 Å². The molecule has 84 valence electrons. The SMILES string of the molecule is CC1CCN(Cc2nc(CS)cs2)CC1. The first kappa shape index (κ1) is 11.4. The average Bonchev–Trinajstić information content (AvgIpc) is 2.69. The number of thiol groups is 1. The molecular weight excluding hydrogens is 224 g/mol. The van der Waals surface area contributed by atoms with Gasteiger partial charge in [-0.05, 0) is 31.8 Å². The highest BCUT2D eigenvalue weighted by molar-refractivity contribution is 7.79. The number of likely N-dealkylation sites (tertiary alicyclic amines) is 1. The van der Waals surface area contributed by atoms with Crippen molar-refractivity contribution >= 4 is 24.0 Å². The van der Waals surface area contributed by atoms with Crippen LogP contribution >= 0.6 is 24.0 Å². The van der Waals surface area contributed by atoms with Gasteiger partial charge in [-0.2, -0.15) is 12.6 Å². The highest BCUT2D eigenvalue weighted by atomic mass is 32.1. The molecular formula is C11H18N2S2. The van der Waals surface area contributed by atoms with Crippen LogP contribution in [0.1, 0.15) is 30.5 Å². The number of hydrogen-bond acceptors (Lipinski definition) is 4. The molecule has 0 aromatic carbocycles. The van der Waals surface area contributed by atoms with Gasteiger partial charge < -0.3 is 0 Å². The van der Waals surface area contributed by atoms with Crippen molar-refractivity contribution in [1.29, 1.82) is 0 Å². The molecule has 1 aromatic rings. The minimum Gasteiger partial charge on any atom is -0.297 e. The van der Waals surface area contributed by atoms with Gasteiger partial charge in [0.1, 0.15) is 5.01 Å². The van der Waals surface area contributed by atoms with Gasteiger partial charge in [0.05, 0.1) is 12.2 Å². The van der Waals surface area contributed by atoms with Crippen molar-refractivity contribution < 1.29 is 0 Å². The second-order valence-electron chi connectivity index (χ2n) is 4.35. The Hall–Kier alpha value is -0.0600. The Labute approximate surface area is 101 Å². The van der Waals surface area contributed by atoms with E-state index in [1.807, 2.05) is 0 Å². The van der Waals surface area contributed by atoms with Crippen molar-refractivity contribution in [3.8, 4) is 0 Å². The number of thiazole rings is 1. The van der Waals surface area contributed by atoms with Crippen molar-refractivity contribution in [2.75, 3.05) is 13.1 Å². The summed E-state index contributed by atoms with van der Waals surface area (Å²) in [6.07, 6.45) is 2.68. The predicted octanol–water partition coefficient (Wildman–Crippen LogP) is 2.80. The molecule has 0 radical (unpaired) electrons. The first-order chi connectivity index (χ1) is 7.28. The van der Waals surface area contributed by atoms with E-state index in [4.69, 9.17) is 0 Å². The quantitative estimate of drug-likeness (QED) is 0.821. The molecule has 1 aromatic heterocycles. The summed E-state index contributed by atoms with van der Waals surface area (Å²) in [4.78, 5) is 7.06. The standard InChI is InChI=1S/C11H18N2S2/c1-9-2-4-13(5-3-9)6-11-12-10(7-14)8-15-11/h8-9,14H,2-7H2,1H3. The van der Waals surface area contributed by atoms with Crippen LogP contribution in [0.15, 0.2) is 5.38 Å². The van der Waals surface area contributed by atoms with E-state index in [1.165, 1.54) is 30.9 Å². The summed E-state index contributed by atoms with van der Waals surface area (Å²) in [6, 6.07) is 0. The summed E-state index contributed by atoms with van der Waals surface area (Å²) in [5.41, 5.74) is 1.11. The van der Waals surface area contributed by atoms with Gasteiger partial charge in [-0.15, -0.1) is 11.3 Å². The van der Waals surface area contributed by atoms with Crippen LogP contribution in [0.3, 0.4) is 0 Å². The van der Waals surface area contributed by atoms with Crippen LogP contribution < -0.4 is 0 Å². The molecule has 0 unspecified atom stereocenters. The molecule has 2 heterocycles. The molecule has 1 aliphatic rings. The molecule has 15 heavy (non-hydrogen) atoms. The van der Waals surface area contributed by atoms with E-state index in [0.29, 0.717) is 0 Å². The van der Waals surface area contributed by atoms with Crippen LogP contribution in [0.25, 0.3) is 0 Å². The van der Waals surface area contributed by atoms with Crippen molar-refractivity contribution in [3.63, 3.8) is 0 Å². The minimum absolute atomic E-state index is 0.757. The highest BCUT2D eigenvalue weighted by Crippen LogP contribution is 2.19. The first-order valence-corrected chi connectivity index (χ1v) is 7.05. The lowest BCUT2D eigenvalue weighted by Crippen LogP contribution is -2.32. The van der Waals surface area contributed by atoms with E-state index in [0.717, 1.165) is 23.9 Å². The maximum atomic E-state index is 4.54. The van der Waals surface area contributed by atoms with E-state index < -0.39 is 0 Å². The number of piperidine rings is 1. The summed E-state index contributed by atoms with van der Waals surface area (Å²) in [5, 5.41) is 3.36. The lowest BCUT2D eigenvalue weighted by Gasteiger charge is -2.29. The van der Waals surface area contributed by atoms with Gasteiger partial charge in [-0.3, -0.25) is 4.90 Å². The van der Waals surface area contributed by atoms with Crippen molar-refractivity contribution in [2.24, 2.45) is 5.92 Å². The molecule has 1 aliphatic heterocycles. The molecule has 0 aliphatic carbocycles. The van der Waals surface area contributed by atoms with Crippen LogP contribution in [-0.4, -0.2) is 23.0 Å². The largest absolute Gasteiger partial charge is 0.297 e. The molecule has 0 saturated carbocycles. The van der Waals surface area contributed by atoms with E-state index in [9.17, 15) is 0 Å². The Morgan fingerprint density at radius 3 is 2.87 bits per heavy atom. The fraction of sp³-hybridized carbons (Fsp3) is 0.727. The van der Waals surface area contributed by atoms with E-state index in [-0.39, 0.29) is 0 Å². The fourth-order valence-electron chi connectivity index (χ4n) is 1.91. The van der Waals surface area contributed by atoms with E-state index in [2.05, 4.69) is 34.8 Å². The number of rotatable bonds is 3. The Morgan fingerprint density at radius 2 is 2.27 bits per heavy atom. The number of aromatic nitrogens is 1. The zero-order chi connectivity index (χ0) is 10.7. The van der Waals surface area contributed by atoms with Crippen LogP contribution in [0.4, 0.5) is 0 Å². The van der Waals surface area contributed by atoms with Crippen molar-refractivity contribution in [1.82, 2.24) is 9.88 Å². The van der Waals surface area contributed by atoms with Crippen molar-refractivity contribution in [3.05, 3.63) is 16.1 Å². The number of hydrogen-bond donors (Lipinski definition) is 1. The van der Waals surface area contributed by atoms with Gasteiger partial charge in [0.15, 0.2) is 0 Å². The molecule has 1 saturated heterocycles. The molecule has 2 rings (SSSR count). The van der Waals surface area contributed by atoms with Crippen LogP contribution in [0, 0.1) is 5.92 Å². The maximum Gasteiger partial charge on any atom is 0.107 e. The van der Waals surface area contributed by atoms with Gasteiger partial charge in [-0.1, -0.05) is 6.92 Å². The summed E-state index contributed by atoms with van der Waals surface area (Å²) in [5.74, 6) is 1.67. The number of nitrogens with zero attached hydrogens (tertiary/aromatic N) is 2. The molecule has 4 heteroatoms. The zero-order valence-electron chi connectivity index (χ0n) is 9.15.